The van der Waals surface area contributed by atoms with Crippen LogP contribution in [0.3, 0.4) is 0 Å². The van der Waals surface area contributed by atoms with E-state index in [1.54, 1.807) is 11.4 Å². The van der Waals surface area contributed by atoms with E-state index in [1.165, 1.54) is 6.33 Å². The van der Waals surface area contributed by atoms with Gasteiger partial charge in [0.1, 0.15) is 6.33 Å². The van der Waals surface area contributed by atoms with E-state index in [0.29, 0.717) is 22.7 Å². The quantitative estimate of drug-likeness (QED) is 0.693. The van der Waals surface area contributed by atoms with E-state index in [0.717, 1.165) is 16.8 Å². The van der Waals surface area contributed by atoms with Crippen molar-refractivity contribution in [3.63, 3.8) is 0 Å². The van der Waals surface area contributed by atoms with Gasteiger partial charge in [0.2, 0.25) is 0 Å². The van der Waals surface area contributed by atoms with Gasteiger partial charge in [-0.25, -0.2) is 9.50 Å². The number of carbonyl (C=O) groups is 2. The molecule has 0 bridgehead atoms. The van der Waals surface area contributed by atoms with Gasteiger partial charge < -0.3 is 10.1 Å². The third-order valence-corrected chi connectivity index (χ3v) is 4.34. The minimum absolute atomic E-state index is 0.0111. The van der Waals surface area contributed by atoms with Crippen molar-refractivity contribution in [2.75, 3.05) is 11.9 Å². The van der Waals surface area contributed by atoms with Crippen LogP contribution in [0.5, 0.6) is 0 Å². The highest BCUT2D eigenvalue weighted by Crippen LogP contribution is 2.16. The van der Waals surface area contributed by atoms with E-state index in [4.69, 9.17) is 4.74 Å². The van der Waals surface area contributed by atoms with Crippen molar-refractivity contribution in [3.8, 4) is 0 Å². The molecule has 0 spiro atoms. The van der Waals surface area contributed by atoms with E-state index < -0.39 is 5.97 Å². The van der Waals surface area contributed by atoms with Gasteiger partial charge in [-0.3, -0.25) is 9.59 Å². The Balaban J connectivity index is 1.61. The second-order valence-corrected chi connectivity index (χ2v) is 6.44. The van der Waals surface area contributed by atoms with Gasteiger partial charge in [0.15, 0.2) is 6.61 Å². The van der Waals surface area contributed by atoms with Crippen molar-refractivity contribution in [3.05, 3.63) is 52.6 Å². The first-order valence-corrected chi connectivity index (χ1v) is 8.53. The van der Waals surface area contributed by atoms with Gasteiger partial charge in [-0.15, -0.1) is 0 Å². The zero-order valence-electron chi connectivity index (χ0n) is 15.7. The first kappa shape index (κ1) is 18.5. The molecule has 1 N–H and O–H groups in total. The molecule has 140 valence electrons. The van der Waals surface area contributed by atoms with Crippen molar-refractivity contribution in [1.29, 1.82) is 0 Å². The smallest absolute Gasteiger partial charge is 0.310 e. The molecule has 8 nitrogen and oxygen atoms in total. The highest BCUT2D eigenvalue weighted by Gasteiger charge is 2.16. The molecule has 1 amide bonds. The average molecular weight is 367 g/mol. The number of ether oxygens (including phenoxy) is 1. The van der Waals surface area contributed by atoms with Gasteiger partial charge in [-0.1, -0.05) is 12.1 Å². The molecule has 27 heavy (non-hydrogen) atoms. The summed E-state index contributed by atoms with van der Waals surface area (Å²) in [6.45, 7) is 7.15. The number of esters is 1. The molecule has 0 atom stereocenters. The number of aromatic nitrogens is 4. The molecular formula is C19H21N5O3. The van der Waals surface area contributed by atoms with Crippen LogP contribution in [0.1, 0.15) is 28.1 Å². The normalized spacial score (nSPS) is 10.8. The van der Waals surface area contributed by atoms with Crippen LogP contribution in [-0.2, 0) is 20.7 Å². The zero-order valence-corrected chi connectivity index (χ0v) is 15.7. The summed E-state index contributed by atoms with van der Waals surface area (Å²) in [5, 5.41) is 6.85. The fourth-order valence-corrected chi connectivity index (χ4v) is 2.81. The largest absolute Gasteiger partial charge is 0.455 e. The summed E-state index contributed by atoms with van der Waals surface area (Å²) < 4.78 is 6.70. The number of fused-ring (bicyclic) bond motifs is 1. The molecule has 0 fully saturated rings. The van der Waals surface area contributed by atoms with Crippen LogP contribution in [0, 0.1) is 27.7 Å². The number of anilines is 1. The molecule has 0 radical (unpaired) electrons. The van der Waals surface area contributed by atoms with Crippen LogP contribution in [-0.4, -0.2) is 38.1 Å². The second kappa shape index (κ2) is 7.53. The standard InChI is InChI=1S/C19H21N5O3/c1-11-5-6-12(2)16(7-11)23-17(25)9-27-18(26)8-15-13(3)22-19-20-10-21-24(19)14(15)4/h5-7,10H,8-9H2,1-4H3,(H,23,25). The number of nitrogens with one attached hydrogen (secondary N) is 1. The van der Waals surface area contributed by atoms with Gasteiger partial charge in [0, 0.05) is 22.6 Å². The van der Waals surface area contributed by atoms with E-state index in [-0.39, 0.29) is 18.9 Å². The average Bonchev–Trinajstić information content (AvgIpc) is 3.08. The SMILES string of the molecule is Cc1ccc(C)c(NC(=O)COC(=O)Cc2c(C)nc3ncnn3c2C)c1. The molecule has 1 aromatic carbocycles. The van der Waals surface area contributed by atoms with Crippen LogP contribution in [0.15, 0.2) is 24.5 Å². The number of amides is 1. The molecule has 3 rings (SSSR count). The predicted molar refractivity (Wildman–Crippen MR) is 99.5 cm³/mol. The number of benzene rings is 1. The van der Waals surface area contributed by atoms with Crippen molar-refractivity contribution in [2.24, 2.45) is 0 Å². The molecule has 0 unspecified atom stereocenters. The number of aryl methyl sites for hydroxylation is 4. The van der Waals surface area contributed by atoms with Crippen LogP contribution in [0.25, 0.3) is 5.78 Å². The molecule has 2 aromatic heterocycles. The molecule has 0 aliphatic rings. The molecule has 8 heteroatoms. The monoisotopic (exact) mass is 367 g/mol. The number of rotatable bonds is 5. The number of hydrogen-bond donors (Lipinski definition) is 1. The third kappa shape index (κ3) is 4.11. The lowest BCUT2D eigenvalue weighted by Crippen LogP contribution is -2.22. The van der Waals surface area contributed by atoms with Gasteiger partial charge in [0.05, 0.1) is 6.42 Å². The van der Waals surface area contributed by atoms with Gasteiger partial charge >= 0.3 is 5.97 Å². The van der Waals surface area contributed by atoms with Crippen molar-refractivity contribution >= 4 is 23.3 Å². The number of carbonyl (C=O) groups excluding carboxylic acids is 2. The Hall–Kier alpha value is -3.29. The Morgan fingerprint density at radius 2 is 1.96 bits per heavy atom. The highest BCUT2D eigenvalue weighted by molar-refractivity contribution is 5.93. The summed E-state index contributed by atoms with van der Waals surface area (Å²) in [6.07, 6.45) is 1.42. The number of nitrogens with zero attached hydrogens (tertiary/aromatic N) is 4. The molecular weight excluding hydrogens is 346 g/mol. The molecule has 2 heterocycles. The fourth-order valence-electron chi connectivity index (χ4n) is 2.81. The maximum absolute atomic E-state index is 12.2. The second-order valence-electron chi connectivity index (χ2n) is 6.44. The van der Waals surface area contributed by atoms with Crippen LogP contribution < -0.4 is 5.32 Å². The summed E-state index contributed by atoms with van der Waals surface area (Å²) >= 11 is 0. The third-order valence-electron chi connectivity index (χ3n) is 4.34. The van der Waals surface area contributed by atoms with Crippen molar-refractivity contribution < 1.29 is 14.3 Å². The Bertz CT molecular complexity index is 1030. The van der Waals surface area contributed by atoms with E-state index in [1.807, 2.05) is 39.0 Å². The van der Waals surface area contributed by atoms with E-state index in [9.17, 15) is 9.59 Å². The topological polar surface area (TPSA) is 98.5 Å². The maximum atomic E-state index is 12.2. The van der Waals surface area contributed by atoms with Crippen molar-refractivity contribution in [2.45, 2.75) is 34.1 Å². The van der Waals surface area contributed by atoms with Gasteiger partial charge in [-0.2, -0.15) is 10.1 Å². The number of hydrogen-bond acceptors (Lipinski definition) is 6. The Kier molecular flexibility index (Phi) is 5.16. The van der Waals surface area contributed by atoms with Crippen LogP contribution in [0.4, 0.5) is 5.69 Å². The lowest BCUT2D eigenvalue weighted by Gasteiger charge is -2.11. The van der Waals surface area contributed by atoms with Gasteiger partial charge in [0.25, 0.3) is 11.7 Å². The summed E-state index contributed by atoms with van der Waals surface area (Å²) in [4.78, 5) is 32.6. The summed E-state index contributed by atoms with van der Waals surface area (Å²) in [6, 6.07) is 5.77. The van der Waals surface area contributed by atoms with Crippen LogP contribution >= 0.6 is 0 Å². The predicted octanol–water partition coefficient (Wildman–Crippen LogP) is 2.08. The van der Waals surface area contributed by atoms with E-state index >= 15 is 0 Å². The highest BCUT2D eigenvalue weighted by atomic mass is 16.5. The molecule has 3 aromatic rings. The molecule has 0 saturated heterocycles. The summed E-state index contributed by atoms with van der Waals surface area (Å²) in [5.74, 6) is -0.399. The van der Waals surface area contributed by atoms with Crippen LogP contribution in [0.2, 0.25) is 0 Å². The fraction of sp³-hybridized carbons (Fsp3) is 0.316. The lowest BCUT2D eigenvalue weighted by atomic mass is 10.1. The first-order valence-electron chi connectivity index (χ1n) is 8.53. The first-order chi connectivity index (χ1) is 12.8. The molecule has 0 aliphatic carbocycles. The summed E-state index contributed by atoms with van der Waals surface area (Å²) in [5.41, 5.74) is 4.86. The maximum Gasteiger partial charge on any atom is 0.310 e. The Morgan fingerprint density at radius 3 is 2.74 bits per heavy atom. The Labute approximate surface area is 156 Å². The zero-order chi connectivity index (χ0) is 19.6. The van der Waals surface area contributed by atoms with Gasteiger partial charge in [-0.05, 0) is 44.9 Å². The van der Waals surface area contributed by atoms with E-state index in [2.05, 4.69) is 20.4 Å². The lowest BCUT2D eigenvalue weighted by molar-refractivity contribution is -0.146. The van der Waals surface area contributed by atoms with Crippen molar-refractivity contribution in [1.82, 2.24) is 19.6 Å². The Morgan fingerprint density at radius 1 is 1.19 bits per heavy atom. The molecule has 0 aliphatic heterocycles. The minimum atomic E-state index is -0.501. The molecule has 0 saturated carbocycles. The minimum Gasteiger partial charge on any atom is -0.455 e. The summed E-state index contributed by atoms with van der Waals surface area (Å²) in [7, 11) is 0.